The van der Waals surface area contributed by atoms with Crippen molar-refractivity contribution in [3.8, 4) is 11.5 Å². The average molecular weight is 432 g/mol. The van der Waals surface area contributed by atoms with Gasteiger partial charge in [-0.05, 0) is 43.2 Å². The summed E-state index contributed by atoms with van der Waals surface area (Å²) in [5, 5.41) is 7.24. The van der Waals surface area contributed by atoms with E-state index >= 15 is 0 Å². The molecule has 0 aliphatic rings. The van der Waals surface area contributed by atoms with Crippen molar-refractivity contribution in [2.75, 3.05) is 19.0 Å². The van der Waals surface area contributed by atoms with Crippen molar-refractivity contribution in [3.05, 3.63) is 52.5 Å². The summed E-state index contributed by atoms with van der Waals surface area (Å²) in [5.74, 6) is 0.502. The maximum Gasteiger partial charge on any atom is 0.240 e. The summed E-state index contributed by atoms with van der Waals surface area (Å²) in [6.07, 6.45) is 2.36. The molecule has 2 rings (SSSR count). The van der Waals surface area contributed by atoms with Crippen molar-refractivity contribution < 1.29 is 19.1 Å². The Bertz CT molecular complexity index is 915. The lowest BCUT2D eigenvalue weighted by molar-refractivity contribution is -0.124. The fraction of sp³-hybridized carbons (Fsp3) is 0.318. The number of amides is 2. The third-order valence-corrected chi connectivity index (χ3v) is 4.51. The predicted molar refractivity (Wildman–Crippen MR) is 119 cm³/mol. The molecule has 2 aromatic carbocycles. The van der Waals surface area contributed by atoms with Crippen LogP contribution < -0.4 is 20.2 Å². The first kappa shape index (κ1) is 23.2. The van der Waals surface area contributed by atoms with Gasteiger partial charge < -0.3 is 14.8 Å². The lowest BCUT2D eigenvalue weighted by Crippen LogP contribution is -2.20. The second-order valence-electron chi connectivity index (χ2n) is 6.53. The average Bonchev–Trinajstić information content (AvgIpc) is 2.73. The molecule has 160 valence electrons. The van der Waals surface area contributed by atoms with Gasteiger partial charge in [0.25, 0.3) is 0 Å². The molecule has 0 fully saturated rings. The van der Waals surface area contributed by atoms with Crippen LogP contribution in [0.2, 0.25) is 5.02 Å². The molecule has 0 atom stereocenters. The van der Waals surface area contributed by atoms with Crippen LogP contribution in [0.3, 0.4) is 0 Å². The smallest absolute Gasteiger partial charge is 0.240 e. The minimum absolute atomic E-state index is 0.0000689. The van der Waals surface area contributed by atoms with Crippen LogP contribution in [-0.2, 0) is 9.59 Å². The number of carbonyl (C=O) groups is 2. The topological polar surface area (TPSA) is 89.0 Å². The number of aryl methyl sites for hydroxylation is 1. The fourth-order valence-electron chi connectivity index (χ4n) is 2.50. The van der Waals surface area contributed by atoms with Crippen LogP contribution in [0.15, 0.2) is 41.5 Å². The highest BCUT2D eigenvalue weighted by Crippen LogP contribution is 2.30. The molecule has 0 heterocycles. The Morgan fingerprint density at radius 2 is 1.93 bits per heavy atom. The molecule has 8 heteroatoms. The third-order valence-electron chi connectivity index (χ3n) is 4.11. The van der Waals surface area contributed by atoms with Gasteiger partial charge in [-0.15, -0.1) is 0 Å². The lowest BCUT2D eigenvalue weighted by atomic mass is 10.2. The highest BCUT2D eigenvalue weighted by atomic mass is 35.5. The molecule has 0 radical (unpaired) electrons. The van der Waals surface area contributed by atoms with Crippen molar-refractivity contribution in [2.45, 2.75) is 33.1 Å². The molecule has 0 bridgehead atoms. The second kappa shape index (κ2) is 11.8. The highest BCUT2D eigenvalue weighted by Gasteiger charge is 2.10. The van der Waals surface area contributed by atoms with Crippen molar-refractivity contribution in [1.29, 1.82) is 0 Å². The van der Waals surface area contributed by atoms with Gasteiger partial charge in [0.15, 0.2) is 11.5 Å². The maximum absolute atomic E-state index is 12.0. The Labute approximate surface area is 181 Å². The van der Waals surface area contributed by atoms with Gasteiger partial charge >= 0.3 is 0 Å². The molecule has 2 amide bonds. The largest absolute Gasteiger partial charge is 0.493 e. The second-order valence-corrected chi connectivity index (χ2v) is 6.94. The van der Waals surface area contributed by atoms with Gasteiger partial charge in [0, 0.05) is 29.1 Å². The molecule has 0 aromatic heterocycles. The minimum atomic E-state index is -0.373. The number of benzene rings is 2. The van der Waals surface area contributed by atoms with E-state index in [0.29, 0.717) is 34.4 Å². The summed E-state index contributed by atoms with van der Waals surface area (Å²) in [5.41, 5.74) is 4.61. The Morgan fingerprint density at radius 3 is 2.63 bits per heavy atom. The standard InChI is InChI=1S/C22H26ClN3O4/c1-4-12-30-22-16(6-5-7-19(22)29-3)14-24-26-21(28)11-10-20(27)25-17-9-8-15(2)18(23)13-17/h5-9,13-14H,4,10-12H2,1-3H3,(H,25,27)(H,26,28). The van der Waals surface area contributed by atoms with Gasteiger partial charge in [-0.2, -0.15) is 5.10 Å². The number of methoxy groups -OCH3 is 1. The lowest BCUT2D eigenvalue weighted by Gasteiger charge is -2.12. The van der Waals surface area contributed by atoms with E-state index in [1.54, 1.807) is 25.3 Å². The third kappa shape index (κ3) is 7.08. The monoisotopic (exact) mass is 431 g/mol. The number of nitrogens with zero attached hydrogens (tertiary/aromatic N) is 1. The molecule has 0 aliphatic heterocycles. The first-order chi connectivity index (χ1) is 14.4. The molecule has 0 spiro atoms. The Hall–Kier alpha value is -3.06. The molecular weight excluding hydrogens is 406 g/mol. The van der Waals surface area contributed by atoms with Crippen molar-refractivity contribution in [2.24, 2.45) is 5.10 Å². The van der Waals surface area contributed by atoms with E-state index in [1.165, 1.54) is 6.21 Å². The fourth-order valence-corrected chi connectivity index (χ4v) is 2.69. The Balaban J connectivity index is 1.86. The Kier molecular flexibility index (Phi) is 9.15. The maximum atomic E-state index is 12.0. The van der Waals surface area contributed by atoms with Crippen molar-refractivity contribution >= 4 is 35.3 Å². The van der Waals surface area contributed by atoms with Gasteiger partial charge in [0.05, 0.1) is 19.9 Å². The quantitative estimate of drug-likeness (QED) is 0.433. The molecule has 0 saturated carbocycles. The van der Waals surface area contributed by atoms with Crippen LogP contribution in [-0.4, -0.2) is 31.7 Å². The van der Waals surface area contributed by atoms with E-state index in [4.69, 9.17) is 21.1 Å². The van der Waals surface area contributed by atoms with Crippen molar-refractivity contribution in [3.63, 3.8) is 0 Å². The molecule has 0 saturated heterocycles. The van der Waals surface area contributed by atoms with E-state index in [0.717, 1.165) is 12.0 Å². The van der Waals surface area contributed by atoms with E-state index < -0.39 is 0 Å². The van der Waals surface area contributed by atoms with Gasteiger partial charge in [0.2, 0.25) is 11.8 Å². The zero-order valence-electron chi connectivity index (χ0n) is 17.3. The molecule has 0 aliphatic carbocycles. The molecule has 2 aromatic rings. The summed E-state index contributed by atoms with van der Waals surface area (Å²) in [7, 11) is 1.56. The highest BCUT2D eigenvalue weighted by molar-refractivity contribution is 6.31. The molecule has 0 unspecified atom stereocenters. The summed E-state index contributed by atoms with van der Waals surface area (Å²) >= 11 is 6.04. The minimum Gasteiger partial charge on any atom is -0.493 e. The summed E-state index contributed by atoms with van der Waals surface area (Å²) in [6.45, 7) is 4.42. The Morgan fingerprint density at radius 1 is 1.17 bits per heavy atom. The predicted octanol–water partition coefficient (Wildman–Crippen LogP) is 4.31. The van der Waals surface area contributed by atoms with Crippen LogP contribution in [0.4, 0.5) is 5.69 Å². The number of halogens is 1. The number of anilines is 1. The van der Waals surface area contributed by atoms with E-state index in [2.05, 4.69) is 15.8 Å². The van der Waals surface area contributed by atoms with E-state index in [1.807, 2.05) is 32.0 Å². The van der Waals surface area contributed by atoms with Crippen molar-refractivity contribution in [1.82, 2.24) is 5.43 Å². The summed E-state index contributed by atoms with van der Waals surface area (Å²) in [4.78, 5) is 24.0. The summed E-state index contributed by atoms with van der Waals surface area (Å²) in [6, 6.07) is 10.7. The zero-order valence-corrected chi connectivity index (χ0v) is 18.1. The zero-order chi connectivity index (χ0) is 21.9. The molecular formula is C22H26ClN3O4. The van der Waals surface area contributed by atoms with Crippen LogP contribution in [0.25, 0.3) is 0 Å². The van der Waals surface area contributed by atoms with Crippen LogP contribution in [0.5, 0.6) is 11.5 Å². The number of rotatable bonds is 10. The van der Waals surface area contributed by atoms with Crippen LogP contribution in [0, 0.1) is 6.92 Å². The van der Waals surface area contributed by atoms with Crippen LogP contribution in [0.1, 0.15) is 37.3 Å². The van der Waals surface area contributed by atoms with Gasteiger partial charge in [0.1, 0.15) is 0 Å². The first-order valence-corrected chi connectivity index (χ1v) is 10.00. The number of para-hydroxylation sites is 1. The number of hydrazone groups is 1. The van der Waals surface area contributed by atoms with Crippen LogP contribution >= 0.6 is 11.6 Å². The number of nitrogens with one attached hydrogen (secondary N) is 2. The normalized spacial score (nSPS) is 10.7. The van der Waals surface area contributed by atoms with E-state index in [9.17, 15) is 9.59 Å². The number of hydrogen-bond acceptors (Lipinski definition) is 5. The molecule has 7 nitrogen and oxygen atoms in total. The molecule has 30 heavy (non-hydrogen) atoms. The van der Waals surface area contributed by atoms with Gasteiger partial charge in [-0.25, -0.2) is 5.43 Å². The number of hydrogen-bond donors (Lipinski definition) is 2. The van der Waals surface area contributed by atoms with Gasteiger partial charge in [-0.3, -0.25) is 9.59 Å². The summed E-state index contributed by atoms with van der Waals surface area (Å²) < 4.78 is 11.0. The number of carbonyl (C=O) groups excluding carboxylic acids is 2. The van der Waals surface area contributed by atoms with Gasteiger partial charge in [-0.1, -0.05) is 30.7 Å². The first-order valence-electron chi connectivity index (χ1n) is 9.62. The molecule has 2 N–H and O–H groups in total. The van der Waals surface area contributed by atoms with E-state index in [-0.39, 0.29) is 24.7 Å². The number of ether oxygens (including phenoxy) is 2. The SMILES string of the molecule is CCCOc1c(C=NNC(=O)CCC(=O)Nc2ccc(C)c(Cl)c2)cccc1OC.